The molecular formula is C16H17ClN2O2. The number of nitrogens with zero attached hydrogens (tertiary/aromatic N) is 2. The second-order valence-electron chi connectivity index (χ2n) is 4.70. The molecule has 0 spiro atoms. The lowest BCUT2D eigenvalue weighted by Crippen LogP contribution is -2.24. The van der Waals surface area contributed by atoms with Crippen LogP contribution in [0.2, 0.25) is 5.02 Å². The Kier molecular flexibility index (Phi) is 5.31. The number of carbonyl (C=O) groups is 1. The highest BCUT2D eigenvalue weighted by molar-refractivity contribution is 6.31. The van der Waals surface area contributed by atoms with Crippen LogP contribution in [0.5, 0.6) is 0 Å². The van der Waals surface area contributed by atoms with Crippen molar-refractivity contribution in [3.63, 3.8) is 0 Å². The number of carboxylic acids is 1. The lowest BCUT2D eigenvalue weighted by Gasteiger charge is -2.21. The fourth-order valence-electron chi connectivity index (χ4n) is 2.12. The number of rotatable bonds is 6. The highest BCUT2D eigenvalue weighted by atomic mass is 35.5. The molecule has 1 heterocycles. The predicted octanol–water partition coefficient (Wildman–Crippen LogP) is 3.46. The first kappa shape index (κ1) is 15.5. The molecule has 2 rings (SSSR count). The number of carboxylic acid groups (broad SMARTS) is 1. The molecule has 2 aromatic rings. The Balaban J connectivity index is 2.17. The standard InChI is InChI=1S/C16H17ClN2O2/c1-2-19(10-12-6-3-4-8-14(12)17)11-15-13(16(20)21)7-5-9-18-15/h3-9H,2,10-11H2,1H3,(H,20,21). The van der Waals surface area contributed by atoms with Gasteiger partial charge in [0, 0.05) is 24.3 Å². The van der Waals surface area contributed by atoms with Crippen LogP contribution in [0.4, 0.5) is 0 Å². The Bertz CT molecular complexity index is 631. The molecule has 0 atom stereocenters. The zero-order valence-electron chi connectivity index (χ0n) is 11.8. The molecule has 0 saturated carbocycles. The zero-order chi connectivity index (χ0) is 15.2. The van der Waals surface area contributed by atoms with Gasteiger partial charge >= 0.3 is 5.97 Å². The molecule has 0 aliphatic heterocycles. The maximum absolute atomic E-state index is 11.2. The first-order valence-corrected chi connectivity index (χ1v) is 7.12. The van der Waals surface area contributed by atoms with E-state index in [4.69, 9.17) is 11.6 Å². The summed E-state index contributed by atoms with van der Waals surface area (Å²) in [6.07, 6.45) is 1.62. The minimum Gasteiger partial charge on any atom is -0.478 e. The number of aromatic carboxylic acids is 1. The van der Waals surface area contributed by atoms with E-state index < -0.39 is 5.97 Å². The molecule has 110 valence electrons. The number of hydrogen-bond donors (Lipinski definition) is 1. The summed E-state index contributed by atoms with van der Waals surface area (Å²) in [6, 6.07) is 10.9. The summed E-state index contributed by atoms with van der Waals surface area (Å²) in [6.45, 7) is 3.94. The lowest BCUT2D eigenvalue weighted by molar-refractivity contribution is 0.0693. The third-order valence-corrected chi connectivity index (χ3v) is 3.66. The minimum atomic E-state index is -0.952. The van der Waals surface area contributed by atoms with Crippen LogP contribution in [0.25, 0.3) is 0 Å². The average Bonchev–Trinajstić information content (AvgIpc) is 2.49. The Morgan fingerprint density at radius 3 is 2.67 bits per heavy atom. The van der Waals surface area contributed by atoms with Crippen LogP contribution in [0.3, 0.4) is 0 Å². The lowest BCUT2D eigenvalue weighted by atomic mass is 10.1. The van der Waals surface area contributed by atoms with Gasteiger partial charge in [-0.25, -0.2) is 4.79 Å². The zero-order valence-corrected chi connectivity index (χ0v) is 12.5. The summed E-state index contributed by atoms with van der Waals surface area (Å²) < 4.78 is 0. The molecule has 0 aliphatic carbocycles. The van der Waals surface area contributed by atoms with Crippen LogP contribution in [0.1, 0.15) is 28.5 Å². The van der Waals surface area contributed by atoms with E-state index in [1.54, 1.807) is 18.3 Å². The maximum atomic E-state index is 11.2. The fraction of sp³-hybridized carbons (Fsp3) is 0.250. The first-order chi connectivity index (χ1) is 10.1. The maximum Gasteiger partial charge on any atom is 0.337 e. The second-order valence-corrected chi connectivity index (χ2v) is 5.10. The Morgan fingerprint density at radius 1 is 1.24 bits per heavy atom. The van der Waals surface area contributed by atoms with E-state index in [-0.39, 0.29) is 5.56 Å². The van der Waals surface area contributed by atoms with E-state index in [1.807, 2.05) is 31.2 Å². The normalized spacial score (nSPS) is 10.8. The van der Waals surface area contributed by atoms with Crippen LogP contribution in [0, 0.1) is 0 Å². The fourth-order valence-corrected chi connectivity index (χ4v) is 2.31. The second kappa shape index (κ2) is 7.20. The van der Waals surface area contributed by atoms with Gasteiger partial charge in [-0.2, -0.15) is 0 Å². The van der Waals surface area contributed by atoms with Gasteiger partial charge in [-0.15, -0.1) is 0 Å². The molecule has 0 bridgehead atoms. The van der Waals surface area contributed by atoms with Crippen molar-refractivity contribution in [2.45, 2.75) is 20.0 Å². The van der Waals surface area contributed by atoms with Crippen molar-refractivity contribution in [3.8, 4) is 0 Å². The van der Waals surface area contributed by atoms with Crippen molar-refractivity contribution < 1.29 is 9.90 Å². The van der Waals surface area contributed by atoms with E-state index in [0.29, 0.717) is 18.8 Å². The summed E-state index contributed by atoms with van der Waals surface area (Å²) in [4.78, 5) is 17.5. The van der Waals surface area contributed by atoms with Crippen molar-refractivity contribution in [1.82, 2.24) is 9.88 Å². The highest BCUT2D eigenvalue weighted by Crippen LogP contribution is 2.18. The first-order valence-electron chi connectivity index (χ1n) is 6.74. The number of halogens is 1. The molecule has 4 nitrogen and oxygen atoms in total. The molecule has 0 fully saturated rings. The third kappa shape index (κ3) is 4.03. The Labute approximate surface area is 129 Å². The third-order valence-electron chi connectivity index (χ3n) is 3.29. The molecule has 0 radical (unpaired) electrons. The SMILES string of the molecule is CCN(Cc1ccccc1Cl)Cc1ncccc1C(=O)O. The molecule has 1 N–H and O–H groups in total. The molecular weight excluding hydrogens is 288 g/mol. The summed E-state index contributed by atoms with van der Waals surface area (Å²) in [5.41, 5.74) is 1.84. The topological polar surface area (TPSA) is 53.4 Å². The van der Waals surface area contributed by atoms with Crippen LogP contribution in [-0.4, -0.2) is 27.5 Å². The van der Waals surface area contributed by atoms with Gasteiger partial charge in [-0.1, -0.05) is 36.7 Å². The predicted molar refractivity (Wildman–Crippen MR) is 82.4 cm³/mol. The van der Waals surface area contributed by atoms with Crippen LogP contribution < -0.4 is 0 Å². The molecule has 0 aliphatic rings. The molecule has 0 amide bonds. The quantitative estimate of drug-likeness (QED) is 0.888. The average molecular weight is 305 g/mol. The van der Waals surface area contributed by atoms with Gasteiger partial charge in [-0.3, -0.25) is 9.88 Å². The van der Waals surface area contributed by atoms with Gasteiger partial charge in [0.25, 0.3) is 0 Å². The van der Waals surface area contributed by atoms with E-state index >= 15 is 0 Å². The summed E-state index contributed by atoms with van der Waals surface area (Å²) in [5, 5.41) is 9.92. The van der Waals surface area contributed by atoms with E-state index in [9.17, 15) is 9.90 Å². The van der Waals surface area contributed by atoms with Crippen LogP contribution >= 0.6 is 11.6 Å². The van der Waals surface area contributed by atoms with Gasteiger partial charge in [0.2, 0.25) is 0 Å². The van der Waals surface area contributed by atoms with Gasteiger partial charge < -0.3 is 5.11 Å². The van der Waals surface area contributed by atoms with Crippen molar-refractivity contribution in [2.75, 3.05) is 6.54 Å². The van der Waals surface area contributed by atoms with Gasteiger partial charge in [0.1, 0.15) is 0 Å². The van der Waals surface area contributed by atoms with Gasteiger partial charge in [0.15, 0.2) is 0 Å². The molecule has 0 unspecified atom stereocenters. The van der Waals surface area contributed by atoms with E-state index in [1.165, 1.54) is 0 Å². The summed E-state index contributed by atoms with van der Waals surface area (Å²) >= 11 is 6.17. The highest BCUT2D eigenvalue weighted by Gasteiger charge is 2.14. The van der Waals surface area contributed by atoms with Crippen molar-refractivity contribution in [1.29, 1.82) is 0 Å². The number of aromatic nitrogens is 1. The Hall–Kier alpha value is -1.91. The Morgan fingerprint density at radius 2 is 2.00 bits per heavy atom. The van der Waals surface area contributed by atoms with Gasteiger partial charge in [-0.05, 0) is 30.3 Å². The van der Waals surface area contributed by atoms with Crippen LogP contribution in [0.15, 0.2) is 42.6 Å². The molecule has 1 aromatic heterocycles. The van der Waals surface area contributed by atoms with Crippen LogP contribution in [-0.2, 0) is 13.1 Å². The van der Waals surface area contributed by atoms with E-state index in [2.05, 4.69) is 9.88 Å². The van der Waals surface area contributed by atoms with Gasteiger partial charge in [0.05, 0.1) is 11.3 Å². The molecule has 5 heteroatoms. The minimum absolute atomic E-state index is 0.245. The smallest absolute Gasteiger partial charge is 0.337 e. The monoisotopic (exact) mass is 304 g/mol. The number of pyridine rings is 1. The van der Waals surface area contributed by atoms with E-state index in [0.717, 1.165) is 17.1 Å². The number of hydrogen-bond acceptors (Lipinski definition) is 3. The van der Waals surface area contributed by atoms with Crippen molar-refractivity contribution in [2.24, 2.45) is 0 Å². The molecule has 0 saturated heterocycles. The summed E-state index contributed by atoms with van der Waals surface area (Å²) in [7, 11) is 0. The number of benzene rings is 1. The molecule has 1 aromatic carbocycles. The summed E-state index contributed by atoms with van der Waals surface area (Å²) in [5.74, 6) is -0.952. The molecule has 21 heavy (non-hydrogen) atoms. The largest absolute Gasteiger partial charge is 0.478 e. The van der Waals surface area contributed by atoms with Crippen molar-refractivity contribution in [3.05, 3.63) is 64.4 Å². The van der Waals surface area contributed by atoms with Crippen molar-refractivity contribution >= 4 is 17.6 Å².